The summed E-state index contributed by atoms with van der Waals surface area (Å²) in [6.45, 7) is 0.793. The van der Waals surface area contributed by atoms with Crippen molar-refractivity contribution in [2.75, 3.05) is 13.3 Å². The van der Waals surface area contributed by atoms with Crippen LogP contribution >= 0.6 is 0 Å². The van der Waals surface area contributed by atoms with E-state index in [1.807, 2.05) is 0 Å². The molecule has 1 fully saturated rings. The number of aldehydes is 1. The molecule has 2 aliphatic rings. The highest BCUT2D eigenvalue weighted by molar-refractivity contribution is 5.84. The first-order valence-electron chi connectivity index (χ1n) is 6.61. The summed E-state index contributed by atoms with van der Waals surface area (Å²) in [5, 5.41) is 2.80. The van der Waals surface area contributed by atoms with E-state index in [2.05, 4.69) is 5.32 Å². The Morgan fingerprint density at radius 2 is 2.05 bits per heavy atom. The van der Waals surface area contributed by atoms with Crippen LogP contribution in [0.25, 0.3) is 0 Å². The van der Waals surface area contributed by atoms with Crippen LogP contribution in [-0.2, 0) is 4.79 Å². The van der Waals surface area contributed by atoms with Crippen LogP contribution in [-0.4, -0.2) is 31.6 Å². The molecule has 0 aromatic heterocycles. The van der Waals surface area contributed by atoms with Crippen LogP contribution in [0.1, 0.15) is 29.6 Å². The molecule has 20 heavy (non-hydrogen) atoms. The van der Waals surface area contributed by atoms with Crippen molar-refractivity contribution in [2.45, 2.75) is 25.4 Å². The summed E-state index contributed by atoms with van der Waals surface area (Å²) in [4.78, 5) is 23.0. The standard InChI is InChI=1S/C14H15NO5/c16-7-9-5-12-13(19-8-18-12)6-11(9)20-10-3-1-2-4-15-14(10)17/h5-7,10H,1-4,8H2,(H,15,17). The van der Waals surface area contributed by atoms with Gasteiger partial charge in [0.25, 0.3) is 5.91 Å². The highest BCUT2D eigenvalue weighted by atomic mass is 16.7. The van der Waals surface area contributed by atoms with Gasteiger partial charge in [0.1, 0.15) is 5.75 Å². The molecule has 0 aliphatic carbocycles. The Bertz CT molecular complexity index is 543. The van der Waals surface area contributed by atoms with Crippen LogP contribution in [0.15, 0.2) is 12.1 Å². The summed E-state index contributed by atoms with van der Waals surface area (Å²) in [7, 11) is 0. The van der Waals surface area contributed by atoms with E-state index in [0.29, 0.717) is 42.1 Å². The van der Waals surface area contributed by atoms with E-state index < -0.39 is 6.10 Å². The first kappa shape index (κ1) is 12.8. The number of hydrogen-bond donors (Lipinski definition) is 1. The lowest BCUT2D eigenvalue weighted by molar-refractivity contribution is -0.127. The van der Waals surface area contributed by atoms with Crippen LogP contribution in [0.5, 0.6) is 17.2 Å². The lowest BCUT2D eigenvalue weighted by atomic mass is 10.1. The molecule has 1 N–H and O–H groups in total. The summed E-state index contributed by atoms with van der Waals surface area (Å²) < 4.78 is 16.2. The fraction of sp³-hybridized carbons (Fsp3) is 0.429. The fourth-order valence-corrected chi connectivity index (χ4v) is 2.31. The lowest BCUT2D eigenvalue weighted by Gasteiger charge is -2.17. The van der Waals surface area contributed by atoms with Crippen molar-refractivity contribution in [3.8, 4) is 17.2 Å². The third-order valence-electron chi connectivity index (χ3n) is 3.39. The van der Waals surface area contributed by atoms with Crippen molar-refractivity contribution >= 4 is 12.2 Å². The van der Waals surface area contributed by atoms with E-state index in [-0.39, 0.29) is 12.7 Å². The zero-order valence-corrected chi connectivity index (χ0v) is 10.9. The third-order valence-corrected chi connectivity index (χ3v) is 3.39. The van der Waals surface area contributed by atoms with Gasteiger partial charge in [-0.15, -0.1) is 0 Å². The van der Waals surface area contributed by atoms with Crippen LogP contribution in [0, 0.1) is 0 Å². The lowest BCUT2D eigenvalue weighted by Crippen LogP contribution is -2.36. The van der Waals surface area contributed by atoms with Gasteiger partial charge in [0, 0.05) is 12.6 Å². The number of rotatable bonds is 3. The molecule has 0 saturated carbocycles. The number of nitrogens with one attached hydrogen (secondary N) is 1. The SMILES string of the molecule is O=Cc1cc2c(cc1OC1CCCCNC1=O)OCO2. The number of hydrogen-bond acceptors (Lipinski definition) is 5. The van der Waals surface area contributed by atoms with Gasteiger partial charge in [-0.05, 0) is 25.3 Å². The van der Waals surface area contributed by atoms with Crippen LogP contribution in [0.4, 0.5) is 0 Å². The summed E-state index contributed by atoms with van der Waals surface area (Å²) in [6.07, 6.45) is 2.60. The second kappa shape index (κ2) is 5.40. The minimum absolute atomic E-state index is 0.126. The zero-order valence-electron chi connectivity index (χ0n) is 10.9. The van der Waals surface area contributed by atoms with Crippen LogP contribution in [0.3, 0.4) is 0 Å². The number of carbonyl (C=O) groups is 2. The Morgan fingerprint density at radius 1 is 1.25 bits per heavy atom. The van der Waals surface area contributed by atoms with E-state index in [1.165, 1.54) is 0 Å². The Balaban J connectivity index is 1.85. The topological polar surface area (TPSA) is 73.9 Å². The molecule has 0 bridgehead atoms. The van der Waals surface area contributed by atoms with Gasteiger partial charge in [0.05, 0.1) is 5.56 Å². The second-order valence-corrected chi connectivity index (χ2v) is 4.75. The number of ether oxygens (including phenoxy) is 3. The quantitative estimate of drug-likeness (QED) is 0.842. The van der Waals surface area contributed by atoms with E-state index in [9.17, 15) is 9.59 Å². The average Bonchev–Trinajstić information content (AvgIpc) is 2.82. The number of amides is 1. The molecule has 6 nitrogen and oxygen atoms in total. The summed E-state index contributed by atoms with van der Waals surface area (Å²) in [5.41, 5.74) is 0.353. The molecule has 0 radical (unpaired) electrons. The van der Waals surface area contributed by atoms with Gasteiger partial charge < -0.3 is 19.5 Å². The zero-order chi connectivity index (χ0) is 13.9. The van der Waals surface area contributed by atoms with Crippen LogP contribution in [0.2, 0.25) is 0 Å². The molecule has 1 saturated heterocycles. The molecule has 6 heteroatoms. The Hall–Kier alpha value is -2.24. The molecular weight excluding hydrogens is 262 g/mol. The molecule has 106 valence electrons. The predicted octanol–water partition coefficient (Wildman–Crippen LogP) is 1.28. The summed E-state index contributed by atoms with van der Waals surface area (Å²) >= 11 is 0. The number of carbonyl (C=O) groups excluding carboxylic acids is 2. The van der Waals surface area contributed by atoms with Gasteiger partial charge in [-0.1, -0.05) is 0 Å². The second-order valence-electron chi connectivity index (χ2n) is 4.75. The smallest absolute Gasteiger partial charge is 0.261 e. The van der Waals surface area contributed by atoms with E-state index in [0.717, 1.165) is 12.8 Å². The maximum Gasteiger partial charge on any atom is 0.261 e. The Labute approximate surface area is 116 Å². The minimum Gasteiger partial charge on any atom is -0.480 e. The molecule has 1 amide bonds. The number of fused-ring (bicyclic) bond motifs is 1. The highest BCUT2D eigenvalue weighted by Crippen LogP contribution is 2.38. The fourth-order valence-electron chi connectivity index (χ4n) is 2.31. The van der Waals surface area contributed by atoms with Gasteiger partial charge in [-0.2, -0.15) is 0 Å². The maximum absolute atomic E-state index is 11.9. The summed E-state index contributed by atoms with van der Waals surface area (Å²) in [5.74, 6) is 1.26. The maximum atomic E-state index is 11.9. The molecular formula is C14H15NO5. The van der Waals surface area contributed by atoms with Crippen molar-refractivity contribution in [3.05, 3.63) is 17.7 Å². The van der Waals surface area contributed by atoms with Crippen molar-refractivity contribution in [1.82, 2.24) is 5.32 Å². The minimum atomic E-state index is -0.573. The van der Waals surface area contributed by atoms with Gasteiger partial charge >= 0.3 is 0 Å². The third kappa shape index (κ3) is 2.41. The largest absolute Gasteiger partial charge is 0.480 e. The average molecular weight is 277 g/mol. The molecule has 3 rings (SSSR count). The molecule has 1 unspecified atom stereocenters. The van der Waals surface area contributed by atoms with Gasteiger partial charge in [-0.25, -0.2) is 0 Å². The molecule has 0 spiro atoms. The predicted molar refractivity (Wildman–Crippen MR) is 69.2 cm³/mol. The molecule has 1 atom stereocenters. The Morgan fingerprint density at radius 3 is 2.85 bits per heavy atom. The van der Waals surface area contributed by atoms with Gasteiger partial charge in [0.15, 0.2) is 23.9 Å². The highest BCUT2D eigenvalue weighted by Gasteiger charge is 2.25. The molecule has 1 aromatic carbocycles. The van der Waals surface area contributed by atoms with Gasteiger partial charge in [0.2, 0.25) is 6.79 Å². The normalized spacial score (nSPS) is 21.0. The summed E-state index contributed by atoms with van der Waals surface area (Å²) in [6, 6.07) is 3.17. The van der Waals surface area contributed by atoms with E-state index >= 15 is 0 Å². The molecule has 2 heterocycles. The molecule has 1 aromatic rings. The van der Waals surface area contributed by atoms with Crippen molar-refractivity contribution in [3.63, 3.8) is 0 Å². The monoisotopic (exact) mass is 277 g/mol. The number of benzene rings is 1. The Kier molecular flexibility index (Phi) is 3.45. The van der Waals surface area contributed by atoms with Crippen molar-refractivity contribution < 1.29 is 23.8 Å². The first-order chi connectivity index (χ1) is 9.78. The van der Waals surface area contributed by atoms with Crippen molar-refractivity contribution in [2.24, 2.45) is 0 Å². The van der Waals surface area contributed by atoms with Crippen molar-refractivity contribution in [1.29, 1.82) is 0 Å². The van der Waals surface area contributed by atoms with E-state index in [4.69, 9.17) is 14.2 Å². The van der Waals surface area contributed by atoms with Gasteiger partial charge in [-0.3, -0.25) is 9.59 Å². The van der Waals surface area contributed by atoms with Crippen LogP contribution < -0.4 is 19.5 Å². The first-order valence-corrected chi connectivity index (χ1v) is 6.61. The van der Waals surface area contributed by atoms with E-state index in [1.54, 1.807) is 12.1 Å². The molecule has 2 aliphatic heterocycles.